The topological polar surface area (TPSA) is 97.7 Å². The predicted molar refractivity (Wildman–Crippen MR) is 121 cm³/mol. The highest BCUT2D eigenvalue weighted by atomic mass is 79.9. The first-order valence-corrected chi connectivity index (χ1v) is 12.7. The van der Waals surface area contributed by atoms with Crippen LogP contribution in [-0.2, 0) is 23.9 Å². The molecule has 1 aliphatic heterocycles. The Morgan fingerprint density at radius 1 is 0.935 bits per heavy atom. The summed E-state index contributed by atoms with van der Waals surface area (Å²) in [4.78, 5) is 45.0. The number of hydrogen-bond donors (Lipinski definition) is 1. The predicted octanol–water partition coefficient (Wildman–Crippen LogP) is 5.10. The van der Waals surface area contributed by atoms with Crippen molar-refractivity contribution in [3.8, 4) is 0 Å². The van der Waals surface area contributed by atoms with E-state index in [0.717, 1.165) is 63.2 Å². The second kappa shape index (κ2) is 12.7. The molecular weight excluding hydrogens is 464 g/mol. The van der Waals surface area contributed by atoms with Crippen LogP contribution in [0.5, 0.6) is 0 Å². The zero-order chi connectivity index (χ0) is 23.0. The first-order chi connectivity index (χ1) is 14.7. The van der Waals surface area contributed by atoms with Crippen molar-refractivity contribution in [2.45, 2.75) is 102 Å². The molecule has 0 amide bonds. The van der Waals surface area contributed by atoms with Crippen molar-refractivity contribution in [3.05, 3.63) is 0 Å². The van der Waals surface area contributed by atoms with Crippen molar-refractivity contribution in [2.75, 3.05) is 0 Å². The Balaban J connectivity index is 0.000000220. The quantitative estimate of drug-likeness (QED) is 0.385. The summed E-state index contributed by atoms with van der Waals surface area (Å²) in [6, 6.07) is 0. The fourth-order valence-corrected chi connectivity index (χ4v) is 5.33. The van der Waals surface area contributed by atoms with Gasteiger partial charge in [0.05, 0.1) is 4.83 Å². The van der Waals surface area contributed by atoms with E-state index < -0.39 is 12.1 Å². The van der Waals surface area contributed by atoms with Gasteiger partial charge in [0.15, 0.2) is 11.9 Å². The van der Waals surface area contributed by atoms with Gasteiger partial charge in [0.25, 0.3) is 0 Å². The number of alkyl halides is 1. The molecule has 7 heteroatoms. The Kier molecular flexibility index (Phi) is 10.7. The third-order valence-electron chi connectivity index (χ3n) is 6.96. The first kappa shape index (κ1) is 26.0. The van der Waals surface area contributed by atoms with E-state index in [0.29, 0.717) is 19.3 Å². The van der Waals surface area contributed by atoms with Crippen LogP contribution in [0.25, 0.3) is 0 Å². The third-order valence-corrected chi connectivity index (χ3v) is 7.87. The molecule has 2 saturated carbocycles. The number of cyclic esters (lactones) is 1. The van der Waals surface area contributed by atoms with Gasteiger partial charge >= 0.3 is 11.9 Å². The number of hydrogen-bond acceptors (Lipinski definition) is 5. The summed E-state index contributed by atoms with van der Waals surface area (Å²) in [6.07, 6.45) is 9.47. The number of ketones is 2. The summed E-state index contributed by atoms with van der Waals surface area (Å²) < 4.78 is 5.01. The van der Waals surface area contributed by atoms with Gasteiger partial charge in [-0.1, -0.05) is 55.5 Å². The van der Waals surface area contributed by atoms with Gasteiger partial charge in [-0.05, 0) is 43.9 Å². The van der Waals surface area contributed by atoms with E-state index in [9.17, 15) is 19.2 Å². The smallest absolute Gasteiger partial charge is 0.306 e. The fourth-order valence-electron chi connectivity index (χ4n) is 4.73. The molecule has 0 radical (unpaired) electrons. The molecule has 6 nitrogen and oxygen atoms in total. The van der Waals surface area contributed by atoms with Crippen molar-refractivity contribution in [1.29, 1.82) is 0 Å². The lowest BCUT2D eigenvalue weighted by Crippen LogP contribution is -2.30. The molecule has 0 aromatic heterocycles. The molecule has 0 bridgehead atoms. The summed E-state index contributed by atoms with van der Waals surface area (Å²) in [6.45, 7) is 4.45. The summed E-state index contributed by atoms with van der Waals surface area (Å²) >= 11 is 3.31. The molecule has 0 aromatic rings. The maximum atomic E-state index is 12.0. The van der Waals surface area contributed by atoms with Crippen LogP contribution in [0.1, 0.15) is 90.9 Å². The summed E-state index contributed by atoms with van der Waals surface area (Å²) in [7, 11) is 0. The van der Waals surface area contributed by atoms with Gasteiger partial charge in [0, 0.05) is 31.1 Å². The molecule has 3 fully saturated rings. The van der Waals surface area contributed by atoms with Crippen LogP contribution >= 0.6 is 15.9 Å². The molecule has 0 aromatic carbocycles. The zero-order valence-electron chi connectivity index (χ0n) is 18.8. The monoisotopic (exact) mass is 500 g/mol. The number of carbonyl (C=O) groups excluding carboxylic acids is 3. The van der Waals surface area contributed by atoms with E-state index in [2.05, 4.69) is 29.8 Å². The lowest BCUT2D eigenvalue weighted by molar-refractivity contribution is -0.149. The normalized spacial score (nSPS) is 31.7. The molecule has 2 aliphatic carbocycles. The molecule has 0 spiro atoms. The molecule has 2 unspecified atom stereocenters. The van der Waals surface area contributed by atoms with Crippen molar-refractivity contribution >= 4 is 39.4 Å². The van der Waals surface area contributed by atoms with E-state index in [-0.39, 0.29) is 40.6 Å². The van der Waals surface area contributed by atoms with E-state index in [1.807, 2.05) is 0 Å². The summed E-state index contributed by atoms with van der Waals surface area (Å²) in [5.74, 6) is 1.11. The first-order valence-electron chi connectivity index (χ1n) is 11.8. The maximum absolute atomic E-state index is 12.0. The van der Waals surface area contributed by atoms with Crippen LogP contribution in [0.3, 0.4) is 0 Å². The maximum Gasteiger partial charge on any atom is 0.306 e. The van der Waals surface area contributed by atoms with Gasteiger partial charge in [-0.25, -0.2) is 0 Å². The van der Waals surface area contributed by atoms with E-state index in [1.54, 1.807) is 0 Å². The number of ether oxygens (including phenoxy) is 1. The van der Waals surface area contributed by atoms with Crippen LogP contribution in [0.15, 0.2) is 0 Å². The van der Waals surface area contributed by atoms with Crippen molar-refractivity contribution < 1.29 is 29.0 Å². The Labute approximate surface area is 194 Å². The summed E-state index contributed by atoms with van der Waals surface area (Å²) in [5, 5.41) is 8.56. The van der Waals surface area contributed by atoms with E-state index in [1.165, 1.54) is 0 Å². The Morgan fingerprint density at radius 3 is 1.90 bits per heavy atom. The highest BCUT2D eigenvalue weighted by Crippen LogP contribution is 2.32. The minimum absolute atomic E-state index is 0.0603. The summed E-state index contributed by atoms with van der Waals surface area (Å²) in [5.41, 5.74) is 0. The second-order valence-electron chi connectivity index (χ2n) is 9.64. The van der Waals surface area contributed by atoms with Gasteiger partial charge in [0.2, 0.25) is 0 Å². The number of aliphatic carboxylic acids is 1. The van der Waals surface area contributed by atoms with Gasteiger partial charge < -0.3 is 9.84 Å². The van der Waals surface area contributed by atoms with Crippen LogP contribution in [0, 0.1) is 23.7 Å². The molecule has 1 heterocycles. The van der Waals surface area contributed by atoms with Crippen LogP contribution in [0.4, 0.5) is 0 Å². The molecule has 176 valence electrons. The lowest BCUT2D eigenvalue weighted by atomic mass is 9.79. The van der Waals surface area contributed by atoms with Crippen LogP contribution < -0.4 is 0 Å². The van der Waals surface area contributed by atoms with Gasteiger partial charge in [-0.3, -0.25) is 19.2 Å². The number of esters is 1. The number of carboxylic acid groups (broad SMARTS) is 1. The standard InChI is InChI=1S/C12H19BrO3.C12H18O3/c1-8-2-4-9(5-3-8)12(16)10(13)6-7-11(14)15;1-8-2-4-9(5-3-8)12(14)10-6-7-11(13)15-10/h8-10H,2-7H2,1H3,(H,14,15);8-10H,2-7H2,1H3. The van der Waals surface area contributed by atoms with E-state index in [4.69, 9.17) is 9.84 Å². The van der Waals surface area contributed by atoms with Gasteiger partial charge in [0.1, 0.15) is 5.78 Å². The molecule has 1 N–H and O–H groups in total. The molecule has 2 atom stereocenters. The fraction of sp³-hybridized carbons (Fsp3) is 0.833. The number of rotatable bonds is 7. The average molecular weight is 501 g/mol. The minimum Gasteiger partial charge on any atom is -0.481 e. The number of Topliss-reactive ketones (excluding diaryl/α,β-unsaturated/α-hetero) is 2. The van der Waals surface area contributed by atoms with Gasteiger partial charge in [-0.15, -0.1) is 0 Å². The largest absolute Gasteiger partial charge is 0.481 e. The zero-order valence-corrected chi connectivity index (χ0v) is 20.4. The Hall–Kier alpha value is -1.24. The lowest BCUT2D eigenvalue weighted by Gasteiger charge is -2.26. The highest BCUT2D eigenvalue weighted by molar-refractivity contribution is 9.10. The number of carboxylic acids is 1. The third kappa shape index (κ3) is 8.66. The molecule has 1 saturated heterocycles. The number of halogens is 1. The van der Waals surface area contributed by atoms with Crippen molar-refractivity contribution in [3.63, 3.8) is 0 Å². The van der Waals surface area contributed by atoms with Crippen molar-refractivity contribution in [1.82, 2.24) is 0 Å². The number of carbonyl (C=O) groups is 4. The van der Waals surface area contributed by atoms with Gasteiger partial charge in [-0.2, -0.15) is 0 Å². The highest BCUT2D eigenvalue weighted by Gasteiger charge is 2.35. The second-order valence-corrected chi connectivity index (χ2v) is 10.7. The van der Waals surface area contributed by atoms with Crippen molar-refractivity contribution in [2.24, 2.45) is 23.7 Å². The Bertz CT molecular complexity index is 632. The molecule has 3 aliphatic rings. The van der Waals surface area contributed by atoms with Crippen LogP contribution in [-0.4, -0.2) is 39.5 Å². The SMILES string of the molecule is CC1CCC(C(=O)C(Br)CCC(=O)O)CC1.CC1CCC(C(=O)C2CCC(=O)O2)CC1. The van der Waals surface area contributed by atoms with Crippen LogP contribution in [0.2, 0.25) is 0 Å². The Morgan fingerprint density at radius 2 is 1.45 bits per heavy atom. The minimum atomic E-state index is -0.838. The molecular formula is C24H37BrO6. The molecule has 3 rings (SSSR count). The average Bonchev–Trinajstić information content (AvgIpc) is 3.19. The molecule has 31 heavy (non-hydrogen) atoms. The van der Waals surface area contributed by atoms with E-state index >= 15 is 0 Å².